The SMILES string of the molecule is CN(CCc1ccncc1)C(=O)CCNc1ccc(F)c(F)c1. The Morgan fingerprint density at radius 3 is 2.61 bits per heavy atom. The van der Waals surface area contributed by atoms with Crippen LogP contribution in [0.3, 0.4) is 0 Å². The highest BCUT2D eigenvalue weighted by Crippen LogP contribution is 2.13. The van der Waals surface area contributed by atoms with Crippen molar-refractivity contribution in [2.75, 3.05) is 25.5 Å². The van der Waals surface area contributed by atoms with E-state index in [2.05, 4.69) is 10.3 Å². The Hall–Kier alpha value is -2.50. The number of halogens is 2. The zero-order chi connectivity index (χ0) is 16.7. The van der Waals surface area contributed by atoms with Gasteiger partial charge < -0.3 is 10.2 Å². The van der Waals surface area contributed by atoms with Gasteiger partial charge in [0, 0.05) is 44.6 Å². The molecule has 0 radical (unpaired) electrons. The zero-order valence-corrected chi connectivity index (χ0v) is 12.9. The van der Waals surface area contributed by atoms with Crippen LogP contribution >= 0.6 is 0 Å². The van der Waals surface area contributed by atoms with Crippen molar-refractivity contribution in [1.29, 1.82) is 0 Å². The summed E-state index contributed by atoms with van der Waals surface area (Å²) in [7, 11) is 1.75. The molecule has 0 aliphatic heterocycles. The maximum Gasteiger partial charge on any atom is 0.224 e. The van der Waals surface area contributed by atoms with Gasteiger partial charge in [0.2, 0.25) is 5.91 Å². The fourth-order valence-electron chi connectivity index (χ4n) is 2.08. The summed E-state index contributed by atoms with van der Waals surface area (Å²) in [6, 6.07) is 7.41. The maximum atomic E-state index is 13.1. The Morgan fingerprint density at radius 1 is 1.17 bits per heavy atom. The number of nitrogens with zero attached hydrogens (tertiary/aromatic N) is 2. The third kappa shape index (κ3) is 5.32. The molecule has 1 heterocycles. The van der Waals surface area contributed by atoms with Crippen molar-refractivity contribution in [3.63, 3.8) is 0 Å². The van der Waals surface area contributed by atoms with Crippen LogP contribution in [0.1, 0.15) is 12.0 Å². The van der Waals surface area contributed by atoms with Gasteiger partial charge in [0.15, 0.2) is 11.6 Å². The number of carbonyl (C=O) groups is 1. The summed E-state index contributed by atoms with van der Waals surface area (Å²) >= 11 is 0. The van der Waals surface area contributed by atoms with Crippen molar-refractivity contribution < 1.29 is 13.6 Å². The van der Waals surface area contributed by atoms with Crippen LogP contribution in [0.25, 0.3) is 0 Å². The van der Waals surface area contributed by atoms with Gasteiger partial charge >= 0.3 is 0 Å². The van der Waals surface area contributed by atoms with Crippen molar-refractivity contribution in [3.8, 4) is 0 Å². The minimum Gasteiger partial charge on any atom is -0.384 e. The molecule has 0 aliphatic carbocycles. The average Bonchev–Trinajstić information content (AvgIpc) is 2.56. The molecule has 0 unspecified atom stereocenters. The van der Waals surface area contributed by atoms with Crippen molar-refractivity contribution >= 4 is 11.6 Å². The number of anilines is 1. The maximum absolute atomic E-state index is 13.1. The molecule has 2 aromatic rings. The highest BCUT2D eigenvalue weighted by molar-refractivity contribution is 5.76. The number of likely N-dealkylation sites (N-methyl/N-ethyl adjacent to an activating group) is 1. The fraction of sp³-hybridized carbons (Fsp3) is 0.294. The molecule has 0 saturated carbocycles. The number of rotatable bonds is 7. The molecule has 23 heavy (non-hydrogen) atoms. The molecule has 0 saturated heterocycles. The Bertz CT molecular complexity index is 650. The summed E-state index contributed by atoms with van der Waals surface area (Å²) in [6.45, 7) is 0.984. The molecule has 1 amide bonds. The normalized spacial score (nSPS) is 10.4. The van der Waals surface area contributed by atoms with E-state index in [0.717, 1.165) is 24.1 Å². The lowest BCUT2D eigenvalue weighted by atomic mass is 10.2. The average molecular weight is 319 g/mol. The first-order valence-corrected chi connectivity index (χ1v) is 7.38. The summed E-state index contributed by atoms with van der Waals surface area (Å²) in [5, 5.41) is 2.91. The van der Waals surface area contributed by atoms with Crippen molar-refractivity contribution in [2.24, 2.45) is 0 Å². The molecule has 0 aliphatic rings. The molecule has 1 aromatic carbocycles. The second kappa shape index (κ2) is 8.22. The minimum atomic E-state index is -0.907. The van der Waals surface area contributed by atoms with E-state index in [4.69, 9.17) is 0 Å². The van der Waals surface area contributed by atoms with E-state index in [1.165, 1.54) is 6.07 Å². The Kier molecular flexibility index (Phi) is 6.02. The first-order valence-electron chi connectivity index (χ1n) is 7.38. The van der Waals surface area contributed by atoms with Gasteiger partial charge in [0.25, 0.3) is 0 Å². The molecule has 0 bridgehead atoms. The molecule has 1 aromatic heterocycles. The molecule has 0 fully saturated rings. The van der Waals surface area contributed by atoms with Gasteiger partial charge in [0.05, 0.1) is 0 Å². The number of benzene rings is 1. The summed E-state index contributed by atoms with van der Waals surface area (Å²) in [5.74, 6) is -1.80. The number of nitrogens with one attached hydrogen (secondary N) is 1. The highest BCUT2D eigenvalue weighted by Gasteiger charge is 2.09. The highest BCUT2D eigenvalue weighted by atomic mass is 19.2. The second-order valence-electron chi connectivity index (χ2n) is 5.23. The summed E-state index contributed by atoms with van der Waals surface area (Å²) in [4.78, 5) is 17.6. The number of amides is 1. The van der Waals surface area contributed by atoms with E-state index in [0.29, 0.717) is 18.8 Å². The number of hydrogen-bond donors (Lipinski definition) is 1. The van der Waals surface area contributed by atoms with E-state index < -0.39 is 11.6 Å². The number of pyridine rings is 1. The lowest BCUT2D eigenvalue weighted by Crippen LogP contribution is -2.30. The van der Waals surface area contributed by atoms with Crippen molar-refractivity contribution in [3.05, 3.63) is 59.9 Å². The van der Waals surface area contributed by atoms with Crippen LogP contribution in [0.4, 0.5) is 14.5 Å². The standard InChI is InChI=1S/C17H19F2N3O/c1-22(11-7-13-4-8-20-9-5-13)17(23)6-10-21-14-2-3-15(18)16(19)12-14/h2-5,8-9,12,21H,6-7,10-11H2,1H3. The van der Waals surface area contributed by atoms with Crippen LogP contribution in [0, 0.1) is 11.6 Å². The molecule has 6 heteroatoms. The summed E-state index contributed by atoms with van der Waals surface area (Å²) < 4.78 is 25.9. The van der Waals surface area contributed by atoms with Crippen LogP contribution in [-0.4, -0.2) is 35.9 Å². The topological polar surface area (TPSA) is 45.2 Å². The molecule has 4 nitrogen and oxygen atoms in total. The molecule has 0 spiro atoms. The van der Waals surface area contributed by atoms with Gasteiger partial charge in [-0.3, -0.25) is 9.78 Å². The third-order valence-corrected chi connectivity index (χ3v) is 3.50. The van der Waals surface area contributed by atoms with Gasteiger partial charge in [-0.2, -0.15) is 0 Å². The van der Waals surface area contributed by atoms with E-state index in [1.54, 1.807) is 24.3 Å². The van der Waals surface area contributed by atoms with Gasteiger partial charge in [-0.05, 0) is 42.3 Å². The fourth-order valence-corrected chi connectivity index (χ4v) is 2.08. The van der Waals surface area contributed by atoms with Gasteiger partial charge in [-0.1, -0.05) is 0 Å². The zero-order valence-electron chi connectivity index (χ0n) is 12.9. The predicted octanol–water partition coefficient (Wildman–Crippen LogP) is 2.86. The lowest BCUT2D eigenvalue weighted by Gasteiger charge is -2.17. The van der Waals surface area contributed by atoms with Gasteiger partial charge in [-0.25, -0.2) is 8.78 Å². The second-order valence-corrected chi connectivity index (χ2v) is 5.23. The van der Waals surface area contributed by atoms with E-state index in [1.807, 2.05) is 12.1 Å². The Morgan fingerprint density at radius 2 is 1.91 bits per heavy atom. The third-order valence-electron chi connectivity index (χ3n) is 3.50. The first-order chi connectivity index (χ1) is 11.1. The molecular formula is C17H19F2N3O. The van der Waals surface area contributed by atoms with Crippen molar-refractivity contribution in [2.45, 2.75) is 12.8 Å². The summed E-state index contributed by atoms with van der Waals surface area (Å²) in [5.41, 5.74) is 1.58. The largest absolute Gasteiger partial charge is 0.384 e. The molecule has 122 valence electrons. The molecule has 2 rings (SSSR count). The first kappa shape index (κ1) is 16.9. The van der Waals surface area contributed by atoms with Crippen LogP contribution in [0.5, 0.6) is 0 Å². The Balaban J connectivity index is 1.72. The molecular weight excluding hydrogens is 300 g/mol. The predicted molar refractivity (Wildman–Crippen MR) is 85.0 cm³/mol. The van der Waals surface area contributed by atoms with Crippen LogP contribution < -0.4 is 5.32 Å². The number of carbonyl (C=O) groups excluding carboxylic acids is 1. The van der Waals surface area contributed by atoms with Crippen LogP contribution in [0.2, 0.25) is 0 Å². The van der Waals surface area contributed by atoms with E-state index in [-0.39, 0.29) is 12.3 Å². The van der Waals surface area contributed by atoms with Crippen LogP contribution in [0.15, 0.2) is 42.7 Å². The smallest absolute Gasteiger partial charge is 0.224 e. The quantitative estimate of drug-likeness (QED) is 0.853. The van der Waals surface area contributed by atoms with Gasteiger partial charge in [-0.15, -0.1) is 0 Å². The Labute approximate surface area is 134 Å². The molecule has 1 N–H and O–H groups in total. The molecule has 0 atom stereocenters. The van der Waals surface area contributed by atoms with E-state index in [9.17, 15) is 13.6 Å². The summed E-state index contributed by atoms with van der Waals surface area (Å²) in [6.07, 6.45) is 4.50. The van der Waals surface area contributed by atoms with E-state index >= 15 is 0 Å². The monoisotopic (exact) mass is 319 g/mol. The van der Waals surface area contributed by atoms with Crippen LogP contribution in [-0.2, 0) is 11.2 Å². The number of hydrogen-bond acceptors (Lipinski definition) is 3. The lowest BCUT2D eigenvalue weighted by molar-refractivity contribution is -0.129. The number of aromatic nitrogens is 1. The van der Waals surface area contributed by atoms with Crippen molar-refractivity contribution in [1.82, 2.24) is 9.88 Å². The minimum absolute atomic E-state index is 0.00543. The van der Waals surface area contributed by atoms with Gasteiger partial charge in [0.1, 0.15) is 0 Å².